The van der Waals surface area contributed by atoms with Crippen LogP contribution in [0.25, 0.3) is 0 Å². The molecule has 1 fully saturated rings. The van der Waals surface area contributed by atoms with E-state index in [1.165, 1.54) is 6.07 Å². The van der Waals surface area contributed by atoms with E-state index in [1.807, 2.05) is 6.07 Å². The summed E-state index contributed by atoms with van der Waals surface area (Å²) in [7, 11) is -3.03. The van der Waals surface area contributed by atoms with Crippen LogP contribution < -0.4 is 10.6 Å². The molecule has 3 rings (SSSR count). The smallest absolute Gasteiger partial charge is 0.272 e. The van der Waals surface area contributed by atoms with E-state index in [2.05, 4.69) is 20.8 Å². The molecule has 0 bridgehead atoms. The van der Waals surface area contributed by atoms with Crippen LogP contribution in [-0.2, 0) is 16.4 Å². The molecule has 1 amide bonds. The summed E-state index contributed by atoms with van der Waals surface area (Å²) in [5, 5.41) is 13.5. The van der Waals surface area contributed by atoms with Gasteiger partial charge in [0.2, 0.25) is 0 Å². The van der Waals surface area contributed by atoms with Crippen molar-refractivity contribution in [1.29, 1.82) is 0 Å². The molecular weight excluding hydrogens is 320 g/mol. The van der Waals surface area contributed by atoms with Gasteiger partial charge in [0, 0.05) is 6.04 Å². The zero-order chi connectivity index (χ0) is 16.3. The zero-order valence-corrected chi connectivity index (χ0v) is 13.0. The fraction of sp³-hybridized carbons (Fsp3) is 0.357. The topological polar surface area (TPSA) is 114 Å². The van der Waals surface area contributed by atoms with Crippen LogP contribution in [0, 0.1) is 0 Å². The number of carbonyl (C=O) groups excluding carboxylic acids is 1. The maximum atomic E-state index is 12.0. The second-order valence-electron chi connectivity index (χ2n) is 5.31. The van der Waals surface area contributed by atoms with Crippen LogP contribution in [0.5, 0.6) is 0 Å². The Bertz CT molecular complexity index is 772. The van der Waals surface area contributed by atoms with Gasteiger partial charge in [-0.1, -0.05) is 0 Å². The van der Waals surface area contributed by atoms with E-state index in [9.17, 15) is 13.2 Å². The van der Waals surface area contributed by atoms with Crippen molar-refractivity contribution in [1.82, 2.24) is 15.5 Å². The number of amides is 1. The minimum absolute atomic E-state index is 0.0189. The first-order valence-electron chi connectivity index (χ1n) is 7.13. The number of sulfone groups is 1. The van der Waals surface area contributed by atoms with E-state index in [4.69, 9.17) is 4.42 Å². The lowest BCUT2D eigenvalue weighted by molar-refractivity contribution is 0.0935. The number of furan rings is 1. The number of rotatable bonds is 5. The average molecular weight is 336 g/mol. The molecule has 3 heterocycles. The molecule has 0 radical (unpaired) electrons. The maximum Gasteiger partial charge on any atom is 0.272 e. The number of hydrogen-bond acceptors (Lipinski definition) is 7. The highest BCUT2D eigenvalue weighted by Gasteiger charge is 2.29. The molecule has 1 saturated heterocycles. The molecule has 1 atom stereocenters. The minimum atomic E-state index is -3.03. The second kappa shape index (κ2) is 6.37. The third-order valence-electron chi connectivity index (χ3n) is 3.49. The molecular formula is C14H16N4O4S. The van der Waals surface area contributed by atoms with E-state index in [0.29, 0.717) is 18.8 Å². The highest BCUT2D eigenvalue weighted by atomic mass is 32.2. The van der Waals surface area contributed by atoms with Crippen LogP contribution in [0.4, 0.5) is 5.82 Å². The molecule has 2 aromatic heterocycles. The highest BCUT2D eigenvalue weighted by Crippen LogP contribution is 2.12. The number of nitrogens with zero attached hydrogens (tertiary/aromatic N) is 2. The molecule has 8 nitrogen and oxygen atoms in total. The number of hydrogen-bond donors (Lipinski definition) is 2. The van der Waals surface area contributed by atoms with Crippen molar-refractivity contribution >= 4 is 21.6 Å². The number of anilines is 1. The Kier molecular flexibility index (Phi) is 4.28. The van der Waals surface area contributed by atoms with Gasteiger partial charge in [-0.2, -0.15) is 0 Å². The van der Waals surface area contributed by atoms with Crippen molar-refractivity contribution in [2.45, 2.75) is 19.0 Å². The Morgan fingerprint density at radius 1 is 1.30 bits per heavy atom. The van der Waals surface area contributed by atoms with Gasteiger partial charge in [-0.05, 0) is 30.7 Å². The van der Waals surface area contributed by atoms with Gasteiger partial charge in [0.05, 0.1) is 24.3 Å². The SMILES string of the molecule is O=C(NC1CCS(=O)(=O)C1)c1ccc(NCc2ccco2)nn1. The Hall–Kier alpha value is -2.42. The molecule has 2 aromatic rings. The Balaban J connectivity index is 1.55. The molecule has 1 aliphatic rings. The van der Waals surface area contributed by atoms with Crippen LogP contribution >= 0.6 is 0 Å². The first-order chi connectivity index (χ1) is 11.0. The maximum absolute atomic E-state index is 12.0. The van der Waals surface area contributed by atoms with E-state index in [0.717, 1.165) is 5.76 Å². The van der Waals surface area contributed by atoms with Crippen LogP contribution in [0.1, 0.15) is 22.7 Å². The lowest BCUT2D eigenvalue weighted by atomic mass is 10.2. The first-order valence-corrected chi connectivity index (χ1v) is 8.95. The van der Waals surface area contributed by atoms with Crippen LogP contribution in [0.3, 0.4) is 0 Å². The third kappa shape index (κ3) is 4.07. The van der Waals surface area contributed by atoms with Crippen LogP contribution in [0.15, 0.2) is 34.9 Å². The predicted molar refractivity (Wildman–Crippen MR) is 82.6 cm³/mol. The van der Waals surface area contributed by atoms with E-state index < -0.39 is 15.7 Å². The minimum Gasteiger partial charge on any atom is -0.467 e. The molecule has 2 N–H and O–H groups in total. The van der Waals surface area contributed by atoms with Gasteiger partial charge >= 0.3 is 0 Å². The molecule has 23 heavy (non-hydrogen) atoms. The molecule has 0 spiro atoms. The normalized spacial score (nSPS) is 19.4. The molecule has 9 heteroatoms. The standard InChI is InChI=1S/C14H16N4O4S/c19-14(16-10-5-7-23(20,21)9-10)12-3-4-13(18-17-12)15-8-11-2-1-6-22-11/h1-4,6,10H,5,7-9H2,(H,15,18)(H,16,19). The van der Waals surface area contributed by atoms with Crippen LogP contribution in [0.2, 0.25) is 0 Å². The predicted octanol–water partition coefficient (Wildman–Crippen LogP) is 0.599. The van der Waals surface area contributed by atoms with Crippen LogP contribution in [-0.4, -0.2) is 42.1 Å². The molecule has 1 unspecified atom stereocenters. The van der Waals surface area contributed by atoms with Crippen molar-refractivity contribution in [3.63, 3.8) is 0 Å². The fourth-order valence-electron chi connectivity index (χ4n) is 2.31. The van der Waals surface area contributed by atoms with Gasteiger partial charge in [-0.3, -0.25) is 4.79 Å². The lowest BCUT2D eigenvalue weighted by Crippen LogP contribution is -2.36. The summed E-state index contributed by atoms with van der Waals surface area (Å²) in [6.07, 6.45) is 2.02. The van der Waals surface area contributed by atoms with Gasteiger partial charge in [0.25, 0.3) is 5.91 Å². The highest BCUT2D eigenvalue weighted by molar-refractivity contribution is 7.91. The van der Waals surface area contributed by atoms with Crippen molar-refractivity contribution in [2.24, 2.45) is 0 Å². The van der Waals surface area contributed by atoms with Gasteiger partial charge in [0.15, 0.2) is 15.5 Å². The molecule has 122 valence electrons. The lowest BCUT2D eigenvalue weighted by Gasteiger charge is -2.10. The van der Waals surface area contributed by atoms with Crippen molar-refractivity contribution < 1.29 is 17.6 Å². The molecule has 0 aromatic carbocycles. The summed E-state index contributed by atoms with van der Waals surface area (Å²) in [5.74, 6) is 0.948. The zero-order valence-electron chi connectivity index (χ0n) is 12.2. The summed E-state index contributed by atoms with van der Waals surface area (Å²) in [5.41, 5.74) is 0.151. The Morgan fingerprint density at radius 2 is 2.17 bits per heavy atom. The van der Waals surface area contributed by atoms with Crippen molar-refractivity contribution in [2.75, 3.05) is 16.8 Å². The van der Waals surface area contributed by atoms with E-state index >= 15 is 0 Å². The van der Waals surface area contributed by atoms with Crippen molar-refractivity contribution in [3.8, 4) is 0 Å². The van der Waals surface area contributed by atoms with Gasteiger partial charge in [-0.25, -0.2) is 8.42 Å². The summed E-state index contributed by atoms with van der Waals surface area (Å²) in [6, 6.07) is 6.44. The summed E-state index contributed by atoms with van der Waals surface area (Å²) in [6.45, 7) is 0.465. The second-order valence-corrected chi connectivity index (χ2v) is 7.54. The quantitative estimate of drug-likeness (QED) is 0.821. The summed E-state index contributed by atoms with van der Waals surface area (Å²) in [4.78, 5) is 12.0. The number of nitrogens with one attached hydrogen (secondary N) is 2. The van der Waals surface area contributed by atoms with E-state index in [1.54, 1.807) is 18.4 Å². The first kappa shape index (κ1) is 15.5. The molecule has 1 aliphatic heterocycles. The largest absolute Gasteiger partial charge is 0.467 e. The molecule has 0 saturated carbocycles. The summed E-state index contributed by atoms with van der Waals surface area (Å²) >= 11 is 0. The Morgan fingerprint density at radius 3 is 2.78 bits per heavy atom. The fourth-order valence-corrected chi connectivity index (χ4v) is 3.98. The van der Waals surface area contributed by atoms with E-state index in [-0.39, 0.29) is 23.2 Å². The molecule has 0 aliphatic carbocycles. The van der Waals surface area contributed by atoms with Gasteiger partial charge in [0.1, 0.15) is 11.6 Å². The third-order valence-corrected chi connectivity index (χ3v) is 5.26. The number of aromatic nitrogens is 2. The Labute approximate surface area is 133 Å². The average Bonchev–Trinajstić information content (AvgIpc) is 3.15. The van der Waals surface area contributed by atoms with Gasteiger partial charge < -0.3 is 15.1 Å². The number of carbonyl (C=O) groups is 1. The summed E-state index contributed by atoms with van der Waals surface area (Å²) < 4.78 is 27.9. The van der Waals surface area contributed by atoms with Gasteiger partial charge in [-0.15, -0.1) is 10.2 Å². The van der Waals surface area contributed by atoms with Crippen molar-refractivity contribution in [3.05, 3.63) is 42.0 Å². The monoisotopic (exact) mass is 336 g/mol.